The molecule has 3 rings (SSSR count). The summed E-state index contributed by atoms with van der Waals surface area (Å²) in [5, 5.41) is 19.4. The SMILES string of the molecule is O=C(CC1N=C(NN=Cc2ccccc2O)NC1=O)Nc1ccc(Cl)cc1Cl. The van der Waals surface area contributed by atoms with Crippen LogP contribution in [0.15, 0.2) is 52.6 Å². The molecule has 0 aromatic heterocycles. The van der Waals surface area contributed by atoms with Crippen molar-refractivity contribution in [2.24, 2.45) is 10.1 Å². The molecule has 1 aliphatic heterocycles. The van der Waals surface area contributed by atoms with Crippen molar-refractivity contribution in [3.05, 3.63) is 58.1 Å². The van der Waals surface area contributed by atoms with Crippen LogP contribution in [0.3, 0.4) is 0 Å². The second-order valence-corrected chi connectivity index (χ2v) is 6.63. The summed E-state index contributed by atoms with van der Waals surface area (Å²) in [6.45, 7) is 0. The van der Waals surface area contributed by atoms with Gasteiger partial charge in [-0.15, -0.1) is 0 Å². The van der Waals surface area contributed by atoms with Gasteiger partial charge in [0, 0.05) is 10.6 Å². The molecule has 144 valence electrons. The van der Waals surface area contributed by atoms with Crippen LogP contribution in [0.2, 0.25) is 10.0 Å². The van der Waals surface area contributed by atoms with Gasteiger partial charge in [0.05, 0.1) is 23.3 Å². The molecular formula is C18H15Cl2N5O3. The lowest BCUT2D eigenvalue weighted by Crippen LogP contribution is -2.35. The van der Waals surface area contributed by atoms with E-state index < -0.39 is 17.9 Å². The predicted molar refractivity (Wildman–Crippen MR) is 108 cm³/mol. The maximum Gasteiger partial charge on any atom is 0.252 e. The molecule has 0 aliphatic carbocycles. The molecule has 2 aromatic rings. The number of nitrogens with one attached hydrogen (secondary N) is 3. The van der Waals surface area contributed by atoms with E-state index in [0.717, 1.165) is 0 Å². The molecule has 0 fully saturated rings. The summed E-state index contributed by atoms with van der Waals surface area (Å²) in [5.74, 6) is -0.676. The molecule has 1 heterocycles. The lowest BCUT2D eigenvalue weighted by atomic mass is 10.2. The number of guanidine groups is 1. The number of rotatable bonds is 5. The van der Waals surface area contributed by atoms with E-state index in [0.29, 0.717) is 21.3 Å². The number of hydrogen-bond acceptors (Lipinski definition) is 6. The van der Waals surface area contributed by atoms with Crippen LogP contribution in [0.1, 0.15) is 12.0 Å². The molecule has 8 nitrogen and oxygen atoms in total. The molecule has 0 radical (unpaired) electrons. The molecule has 4 N–H and O–H groups in total. The smallest absolute Gasteiger partial charge is 0.252 e. The van der Waals surface area contributed by atoms with Gasteiger partial charge in [0.1, 0.15) is 11.8 Å². The van der Waals surface area contributed by atoms with E-state index >= 15 is 0 Å². The summed E-state index contributed by atoms with van der Waals surface area (Å²) in [7, 11) is 0. The zero-order valence-electron chi connectivity index (χ0n) is 14.3. The Hall–Kier alpha value is -3.10. The number of carbonyl (C=O) groups is 2. The zero-order valence-corrected chi connectivity index (χ0v) is 15.8. The van der Waals surface area contributed by atoms with Gasteiger partial charge in [-0.3, -0.25) is 14.9 Å². The Morgan fingerprint density at radius 1 is 1.29 bits per heavy atom. The standard InChI is InChI=1S/C18H15Cl2N5O3/c19-11-5-6-13(12(20)7-11)22-16(27)8-14-17(28)24-18(23-14)25-21-9-10-3-1-2-4-15(10)26/h1-7,9,14,26H,8H2,(H,22,27)(H2,23,24,25,28). The first-order chi connectivity index (χ1) is 13.4. The number of para-hydroxylation sites is 1. The van der Waals surface area contributed by atoms with E-state index in [1.807, 2.05) is 0 Å². The number of phenolic OH excluding ortho intramolecular Hbond substituents is 1. The number of hydrogen-bond donors (Lipinski definition) is 4. The lowest BCUT2D eigenvalue weighted by molar-refractivity contribution is -0.123. The van der Waals surface area contributed by atoms with Crippen molar-refractivity contribution in [1.82, 2.24) is 10.7 Å². The lowest BCUT2D eigenvalue weighted by Gasteiger charge is -2.08. The van der Waals surface area contributed by atoms with E-state index in [4.69, 9.17) is 23.2 Å². The summed E-state index contributed by atoms with van der Waals surface area (Å²) in [4.78, 5) is 28.2. The fourth-order valence-electron chi connectivity index (χ4n) is 2.37. The third-order valence-electron chi connectivity index (χ3n) is 3.72. The topological polar surface area (TPSA) is 115 Å². The first-order valence-corrected chi connectivity index (χ1v) is 8.88. The minimum absolute atomic E-state index is 0.0702. The summed E-state index contributed by atoms with van der Waals surface area (Å²) < 4.78 is 0. The summed E-state index contributed by atoms with van der Waals surface area (Å²) >= 11 is 11.8. The number of carbonyl (C=O) groups excluding carboxylic acids is 2. The number of aromatic hydroxyl groups is 1. The molecular weight excluding hydrogens is 405 g/mol. The van der Waals surface area contributed by atoms with Crippen LogP contribution < -0.4 is 16.1 Å². The fraction of sp³-hybridized carbons (Fsp3) is 0.111. The molecule has 0 bridgehead atoms. The molecule has 0 spiro atoms. The Morgan fingerprint density at radius 3 is 2.82 bits per heavy atom. The summed E-state index contributed by atoms with van der Waals surface area (Å²) in [5.41, 5.74) is 3.45. The first kappa shape index (κ1) is 19.7. The molecule has 28 heavy (non-hydrogen) atoms. The number of amides is 2. The third-order valence-corrected chi connectivity index (χ3v) is 4.27. The average molecular weight is 420 g/mol. The van der Waals surface area contributed by atoms with Crippen molar-refractivity contribution in [2.45, 2.75) is 12.5 Å². The van der Waals surface area contributed by atoms with Crippen LogP contribution in [0, 0.1) is 0 Å². The number of aliphatic imine (C=N–C) groups is 1. The Morgan fingerprint density at radius 2 is 2.07 bits per heavy atom. The van der Waals surface area contributed by atoms with Crippen LogP contribution in [0.4, 0.5) is 5.69 Å². The Bertz CT molecular complexity index is 977. The van der Waals surface area contributed by atoms with Crippen molar-refractivity contribution < 1.29 is 14.7 Å². The van der Waals surface area contributed by atoms with Gasteiger partial charge in [0.2, 0.25) is 11.9 Å². The quantitative estimate of drug-likeness (QED) is 0.440. The molecule has 0 saturated heterocycles. The highest BCUT2D eigenvalue weighted by Crippen LogP contribution is 2.25. The Kier molecular flexibility index (Phi) is 6.13. The second kappa shape index (κ2) is 8.73. The number of benzene rings is 2. The highest BCUT2D eigenvalue weighted by molar-refractivity contribution is 6.36. The largest absolute Gasteiger partial charge is 0.507 e. The molecule has 1 unspecified atom stereocenters. The average Bonchev–Trinajstić information content (AvgIpc) is 2.98. The van der Waals surface area contributed by atoms with Crippen LogP contribution >= 0.6 is 23.2 Å². The molecule has 2 aromatic carbocycles. The van der Waals surface area contributed by atoms with Gasteiger partial charge >= 0.3 is 0 Å². The molecule has 10 heteroatoms. The monoisotopic (exact) mass is 419 g/mol. The zero-order chi connectivity index (χ0) is 20.1. The van der Waals surface area contributed by atoms with Gasteiger partial charge < -0.3 is 10.4 Å². The molecule has 0 saturated carbocycles. The highest BCUT2D eigenvalue weighted by atomic mass is 35.5. The Balaban J connectivity index is 1.57. The van der Waals surface area contributed by atoms with Crippen LogP contribution in [0.25, 0.3) is 0 Å². The van der Waals surface area contributed by atoms with Gasteiger partial charge in [-0.1, -0.05) is 35.3 Å². The normalized spacial score (nSPS) is 16.0. The van der Waals surface area contributed by atoms with Crippen molar-refractivity contribution in [2.75, 3.05) is 5.32 Å². The van der Waals surface area contributed by atoms with E-state index in [1.54, 1.807) is 30.3 Å². The second-order valence-electron chi connectivity index (χ2n) is 5.79. The fourth-order valence-corrected chi connectivity index (χ4v) is 2.82. The van der Waals surface area contributed by atoms with Crippen molar-refractivity contribution in [1.29, 1.82) is 0 Å². The summed E-state index contributed by atoms with van der Waals surface area (Å²) in [6.07, 6.45) is 1.21. The maximum absolute atomic E-state index is 12.2. The van der Waals surface area contributed by atoms with E-state index in [9.17, 15) is 14.7 Å². The van der Waals surface area contributed by atoms with Crippen LogP contribution in [-0.2, 0) is 9.59 Å². The predicted octanol–water partition coefficient (Wildman–Crippen LogP) is 2.51. The van der Waals surface area contributed by atoms with Crippen molar-refractivity contribution in [3.63, 3.8) is 0 Å². The minimum Gasteiger partial charge on any atom is -0.507 e. The van der Waals surface area contributed by atoms with E-state index in [2.05, 4.69) is 26.2 Å². The summed E-state index contributed by atoms with van der Waals surface area (Å²) in [6, 6.07) is 10.4. The number of halogens is 2. The third kappa shape index (κ3) is 4.99. The van der Waals surface area contributed by atoms with Crippen molar-refractivity contribution >= 4 is 52.9 Å². The van der Waals surface area contributed by atoms with Crippen LogP contribution in [-0.4, -0.2) is 35.1 Å². The number of phenols is 1. The van der Waals surface area contributed by atoms with E-state index in [-0.39, 0.29) is 18.1 Å². The molecule has 2 amide bonds. The number of nitrogens with zero attached hydrogens (tertiary/aromatic N) is 2. The number of hydrazone groups is 1. The van der Waals surface area contributed by atoms with Gasteiger partial charge in [-0.25, -0.2) is 10.4 Å². The van der Waals surface area contributed by atoms with Gasteiger partial charge in [-0.2, -0.15) is 5.10 Å². The number of anilines is 1. The molecule has 1 aliphatic rings. The van der Waals surface area contributed by atoms with Gasteiger partial charge in [-0.05, 0) is 30.3 Å². The molecule has 1 atom stereocenters. The Labute approximate surface area is 170 Å². The van der Waals surface area contributed by atoms with Gasteiger partial charge in [0.15, 0.2) is 0 Å². The van der Waals surface area contributed by atoms with Crippen molar-refractivity contribution in [3.8, 4) is 5.75 Å². The van der Waals surface area contributed by atoms with Gasteiger partial charge in [0.25, 0.3) is 5.91 Å². The minimum atomic E-state index is -0.895. The van der Waals surface area contributed by atoms with E-state index in [1.165, 1.54) is 18.3 Å². The maximum atomic E-state index is 12.2. The first-order valence-electron chi connectivity index (χ1n) is 8.13. The van der Waals surface area contributed by atoms with Crippen LogP contribution in [0.5, 0.6) is 5.75 Å². The highest BCUT2D eigenvalue weighted by Gasteiger charge is 2.28.